The van der Waals surface area contributed by atoms with Gasteiger partial charge >= 0.3 is 0 Å². The third-order valence-electron chi connectivity index (χ3n) is 5.52. The number of benzene rings is 1. The van der Waals surface area contributed by atoms with Crippen molar-refractivity contribution < 1.29 is 14.3 Å². The Morgan fingerprint density at radius 1 is 1.17 bits per heavy atom. The second-order valence-electron chi connectivity index (χ2n) is 6.93. The molecule has 4 heteroatoms. The van der Waals surface area contributed by atoms with Crippen molar-refractivity contribution in [3.8, 4) is 11.5 Å². The number of hydrogen-bond donors (Lipinski definition) is 1. The van der Waals surface area contributed by atoms with E-state index in [1.165, 1.54) is 25.7 Å². The van der Waals surface area contributed by atoms with Crippen LogP contribution in [0.2, 0.25) is 0 Å². The minimum atomic E-state index is 0.211. The molecule has 3 rings (SSSR count). The second kappa shape index (κ2) is 7.24. The molecule has 4 nitrogen and oxygen atoms in total. The van der Waals surface area contributed by atoms with Crippen molar-refractivity contribution in [2.45, 2.75) is 38.5 Å². The summed E-state index contributed by atoms with van der Waals surface area (Å²) in [5.74, 6) is 4.04. The zero-order chi connectivity index (χ0) is 16.2. The highest BCUT2D eigenvalue weighted by atomic mass is 16.5. The van der Waals surface area contributed by atoms with Crippen LogP contribution in [0.5, 0.6) is 11.5 Å². The number of carbonyl (C=O) groups excluding carboxylic acids is 1. The molecule has 0 heterocycles. The van der Waals surface area contributed by atoms with E-state index in [0.29, 0.717) is 18.9 Å². The monoisotopic (exact) mass is 317 g/mol. The zero-order valence-electron chi connectivity index (χ0n) is 14.1. The minimum Gasteiger partial charge on any atom is -0.493 e. The number of methoxy groups -OCH3 is 2. The Labute approximate surface area is 138 Å². The molecule has 0 radical (unpaired) electrons. The molecule has 3 atom stereocenters. The normalized spacial score (nSPS) is 25.4. The van der Waals surface area contributed by atoms with E-state index in [1.54, 1.807) is 14.2 Å². The van der Waals surface area contributed by atoms with Crippen molar-refractivity contribution in [2.75, 3.05) is 20.8 Å². The Morgan fingerprint density at radius 2 is 2.00 bits per heavy atom. The first-order chi connectivity index (χ1) is 11.2. The van der Waals surface area contributed by atoms with Crippen molar-refractivity contribution >= 4 is 5.91 Å². The zero-order valence-corrected chi connectivity index (χ0v) is 14.1. The Bertz CT molecular complexity index is 558. The van der Waals surface area contributed by atoms with Crippen molar-refractivity contribution in [2.24, 2.45) is 17.8 Å². The smallest absolute Gasteiger partial charge is 0.220 e. The van der Waals surface area contributed by atoms with Gasteiger partial charge in [-0.1, -0.05) is 12.5 Å². The van der Waals surface area contributed by atoms with Crippen LogP contribution in [-0.2, 0) is 11.2 Å². The van der Waals surface area contributed by atoms with Gasteiger partial charge in [-0.2, -0.15) is 0 Å². The highest BCUT2D eigenvalue weighted by Crippen LogP contribution is 2.49. The number of rotatable bonds is 7. The van der Waals surface area contributed by atoms with E-state index in [4.69, 9.17) is 9.47 Å². The summed E-state index contributed by atoms with van der Waals surface area (Å²) >= 11 is 0. The molecule has 2 saturated carbocycles. The van der Waals surface area contributed by atoms with E-state index in [0.717, 1.165) is 35.3 Å². The van der Waals surface area contributed by atoms with Gasteiger partial charge in [-0.25, -0.2) is 0 Å². The molecule has 0 aromatic heterocycles. The molecule has 1 aromatic carbocycles. The molecule has 0 unspecified atom stereocenters. The SMILES string of the molecule is COc1ccc(CCNC(=O)C[C@H]2C[C@@H]3CC[C@@H]2C3)cc1OC. The summed E-state index contributed by atoms with van der Waals surface area (Å²) in [4.78, 5) is 12.1. The van der Waals surface area contributed by atoms with Gasteiger partial charge in [0.1, 0.15) is 0 Å². The van der Waals surface area contributed by atoms with E-state index in [9.17, 15) is 4.79 Å². The summed E-state index contributed by atoms with van der Waals surface area (Å²) in [6, 6.07) is 5.90. The average molecular weight is 317 g/mol. The first-order valence-electron chi connectivity index (χ1n) is 8.67. The number of carbonyl (C=O) groups is 1. The fourth-order valence-electron chi connectivity index (χ4n) is 4.32. The van der Waals surface area contributed by atoms with Crippen LogP contribution in [0, 0.1) is 17.8 Å². The number of fused-ring (bicyclic) bond motifs is 2. The maximum Gasteiger partial charge on any atom is 0.220 e. The highest BCUT2D eigenvalue weighted by molar-refractivity contribution is 5.76. The first-order valence-corrected chi connectivity index (χ1v) is 8.67. The van der Waals surface area contributed by atoms with Crippen molar-refractivity contribution in [3.63, 3.8) is 0 Å². The topological polar surface area (TPSA) is 47.6 Å². The Balaban J connectivity index is 1.43. The summed E-state index contributed by atoms with van der Waals surface area (Å²) in [6.07, 6.45) is 6.89. The van der Waals surface area contributed by atoms with E-state index in [-0.39, 0.29) is 5.91 Å². The number of amides is 1. The number of hydrogen-bond acceptors (Lipinski definition) is 3. The maximum atomic E-state index is 12.1. The molecule has 2 aliphatic rings. The molecule has 0 aliphatic heterocycles. The van der Waals surface area contributed by atoms with E-state index >= 15 is 0 Å². The number of ether oxygens (including phenoxy) is 2. The van der Waals surface area contributed by atoms with Crippen LogP contribution < -0.4 is 14.8 Å². The lowest BCUT2D eigenvalue weighted by atomic mass is 9.86. The lowest BCUT2D eigenvalue weighted by Gasteiger charge is -2.20. The molecule has 23 heavy (non-hydrogen) atoms. The van der Waals surface area contributed by atoms with Crippen LogP contribution in [0.25, 0.3) is 0 Å². The molecule has 1 amide bonds. The summed E-state index contributed by atoms with van der Waals surface area (Å²) in [7, 11) is 3.27. The summed E-state index contributed by atoms with van der Waals surface area (Å²) in [6.45, 7) is 0.676. The van der Waals surface area contributed by atoms with Crippen LogP contribution in [0.1, 0.15) is 37.7 Å². The van der Waals surface area contributed by atoms with Gasteiger partial charge in [0.2, 0.25) is 5.91 Å². The van der Waals surface area contributed by atoms with E-state index in [1.807, 2.05) is 18.2 Å². The van der Waals surface area contributed by atoms with Crippen molar-refractivity contribution in [1.82, 2.24) is 5.32 Å². The molecule has 0 saturated heterocycles. The lowest BCUT2D eigenvalue weighted by Crippen LogP contribution is -2.29. The molecule has 126 valence electrons. The highest BCUT2D eigenvalue weighted by Gasteiger charge is 2.39. The van der Waals surface area contributed by atoms with Gasteiger partial charge < -0.3 is 14.8 Å². The lowest BCUT2D eigenvalue weighted by molar-refractivity contribution is -0.122. The fourth-order valence-corrected chi connectivity index (χ4v) is 4.32. The molecule has 1 N–H and O–H groups in total. The van der Waals surface area contributed by atoms with Crippen molar-refractivity contribution in [1.29, 1.82) is 0 Å². The van der Waals surface area contributed by atoms with Crippen LogP contribution in [0.15, 0.2) is 18.2 Å². The first kappa shape index (κ1) is 16.2. The summed E-state index contributed by atoms with van der Waals surface area (Å²) < 4.78 is 10.5. The Morgan fingerprint density at radius 3 is 2.65 bits per heavy atom. The minimum absolute atomic E-state index is 0.211. The van der Waals surface area contributed by atoms with Crippen molar-refractivity contribution in [3.05, 3.63) is 23.8 Å². The van der Waals surface area contributed by atoms with Crippen LogP contribution in [-0.4, -0.2) is 26.7 Å². The Hall–Kier alpha value is -1.71. The number of nitrogens with one attached hydrogen (secondary N) is 1. The largest absolute Gasteiger partial charge is 0.493 e. The third-order valence-corrected chi connectivity index (χ3v) is 5.52. The fraction of sp³-hybridized carbons (Fsp3) is 0.632. The third kappa shape index (κ3) is 3.80. The van der Waals surface area contributed by atoms with Gasteiger partial charge in [0.25, 0.3) is 0 Å². The summed E-state index contributed by atoms with van der Waals surface area (Å²) in [5.41, 5.74) is 1.14. The van der Waals surface area contributed by atoms with Crippen LogP contribution in [0.4, 0.5) is 0 Å². The molecule has 2 fully saturated rings. The van der Waals surface area contributed by atoms with Gasteiger partial charge in [-0.15, -0.1) is 0 Å². The molecule has 1 aromatic rings. The molecular formula is C19H27NO3. The molecule has 0 spiro atoms. The van der Waals surface area contributed by atoms with Gasteiger partial charge in [-0.05, 0) is 61.1 Å². The predicted octanol–water partition coefficient (Wildman–Crippen LogP) is 3.19. The van der Waals surface area contributed by atoms with Gasteiger partial charge in [0.05, 0.1) is 14.2 Å². The molecular weight excluding hydrogens is 290 g/mol. The predicted molar refractivity (Wildman–Crippen MR) is 89.8 cm³/mol. The standard InChI is InChI=1S/C19H27NO3/c1-22-17-6-4-13(11-18(17)23-2)7-8-20-19(21)12-16-10-14-3-5-15(16)9-14/h4,6,11,14-16H,3,5,7-10,12H2,1-2H3,(H,20,21)/t14-,15-,16-/m1/s1. The van der Waals surface area contributed by atoms with Crippen LogP contribution in [0.3, 0.4) is 0 Å². The van der Waals surface area contributed by atoms with Gasteiger partial charge in [0, 0.05) is 13.0 Å². The molecule has 2 aliphatic carbocycles. The molecule has 2 bridgehead atoms. The van der Waals surface area contributed by atoms with Gasteiger partial charge in [-0.3, -0.25) is 4.79 Å². The maximum absolute atomic E-state index is 12.1. The van der Waals surface area contributed by atoms with E-state index < -0.39 is 0 Å². The Kier molecular flexibility index (Phi) is 5.09. The van der Waals surface area contributed by atoms with E-state index in [2.05, 4.69) is 5.32 Å². The second-order valence-corrected chi connectivity index (χ2v) is 6.93. The average Bonchev–Trinajstić information content (AvgIpc) is 3.17. The van der Waals surface area contributed by atoms with Gasteiger partial charge in [0.15, 0.2) is 11.5 Å². The summed E-state index contributed by atoms with van der Waals surface area (Å²) in [5, 5.41) is 3.07. The quantitative estimate of drug-likeness (QED) is 0.840. The van der Waals surface area contributed by atoms with Crippen LogP contribution >= 0.6 is 0 Å².